The fourth-order valence-electron chi connectivity index (χ4n) is 2.04. The quantitative estimate of drug-likeness (QED) is 0.286. The van der Waals surface area contributed by atoms with Gasteiger partial charge in [-0.05, 0) is 19.1 Å². The van der Waals surface area contributed by atoms with Crippen molar-refractivity contribution in [3.05, 3.63) is 0 Å². The third-order valence-electron chi connectivity index (χ3n) is 3.11. The molecule has 2 amide bonds. The third kappa shape index (κ3) is 3.38. The van der Waals surface area contributed by atoms with Crippen LogP contribution < -0.4 is 16.6 Å². The summed E-state index contributed by atoms with van der Waals surface area (Å²) >= 11 is 1.78. The minimum Gasteiger partial charge on any atom is -0.346 e. The van der Waals surface area contributed by atoms with Gasteiger partial charge in [0.2, 0.25) is 0 Å². The number of rotatable bonds is 3. The third-order valence-corrected chi connectivity index (χ3v) is 4.52. The van der Waals surface area contributed by atoms with E-state index in [1.54, 1.807) is 11.8 Å². The van der Waals surface area contributed by atoms with Crippen molar-refractivity contribution in [1.82, 2.24) is 10.7 Å². The molecular formula is C10H19N3O2S. The van der Waals surface area contributed by atoms with E-state index in [-0.39, 0.29) is 4.75 Å². The maximum absolute atomic E-state index is 11.3. The molecule has 0 saturated heterocycles. The highest BCUT2D eigenvalue weighted by Crippen LogP contribution is 2.37. The van der Waals surface area contributed by atoms with E-state index in [4.69, 9.17) is 5.84 Å². The fraction of sp³-hybridized carbons (Fsp3) is 0.800. The van der Waals surface area contributed by atoms with Gasteiger partial charge in [-0.1, -0.05) is 19.3 Å². The van der Waals surface area contributed by atoms with Crippen LogP contribution in [0.1, 0.15) is 32.1 Å². The van der Waals surface area contributed by atoms with Crippen molar-refractivity contribution in [1.29, 1.82) is 0 Å². The van der Waals surface area contributed by atoms with Gasteiger partial charge in [-0.15, -0.1) is 0 Å². The largest absolute Gasteiger partial charge is 0.346 e. The van der Waals surface area contributed by atoms with E-state index in [2.05, 4.69) is 11.6 Å². The molecule has 0 heterocycles. The maximum Gasteiger partial charge on any atom is 0.323 e. The molecule has 92 valence electrons. The van der Waals surface area contributed by atoms with Gasteiger partial charge in [0.05, 0.1) is 0 Å². The first-order valence-corrected chi connectivity index (χ1v) is 6.70. The Morgan fingerprint density at radius 3 is 2.38 bits per heavy atom. The van der Waals surface area contributed by atoms with Crippen molar-refractivity contribution in [2.24, 2.45) is 5.84 Å². The van der Waals surface area contributed by atoms with Gasteiger partial charge in [0.25, 0.3) is 0 Å². The number of hydrazine groups is 1. The molecule has 0 unspecified atom stereocenters. The molecule has 0 aromatic carbocycles. The van der Waals surface area contributed by atoms with Crippen LogP contribution >= 0.6 is 11.8 Å². The molecular weight excluding hydrogens is 226 g/mol. The predicted octanol–water partition coefficient (Wildman–Crippen LogP) is 0.158. The minimum absolute atomic E-state index is 0.1000. The maximum atomic E-state index is 11.3. The van der Waals surface area contributed by atoms with Gasteiger partial charge in [0, 0.05) is 11.3 Å². The Morgan fingerprint density at radius 1 is 1.25 bits per heavy atom. The molecule has 6 heteroatoms. The van der Waals surface area contributed by atoms with Crippen molar-refractivity contribution in [3.63, 3.8) is 0 Å². The Balaban J connectivity index is 2.44. The van der Waals surface area contributed by atoms with Gasteiger partial charge in [-0.2, -0.15) is 11.8 Å². The van der Waals surface area contributed by atoms with Crippen molar-refractivity contribution in [2.75, 3.05) is 12.8 Å². The molecule has 1 rings (SSSR count). The average molecular weight is 245 g/mol. The lowest BCUT2D eigenvalue weighted by Gasteiger charge is -2.35. The standard InChI is InChI=1S/C10H19N3O2S/c1-16-10(5-3-2-4-6-10)7-12-8(14)9(15)13-11/h2-7,11H2,1H3,(H,12,14)(H,13,15). The minimum atomic E-state index is -0.785. The molecule has 0 aromatic heterocycles. The van der Waals surface area contributed by atoms with Crippen LogP contribution in [-0.2, 0) is 9.59 Å². The smallest absolute Gasteiger partial charge is 0.323 e. The van der Waals surface area contributed by atoms with Gasteiger partial charge >= 0.3 is 11.8 Å². The molecule has 0 bridgehead atoms. The normalized spacial score (nSPS) is 18.9. The van der Waals surface area contributed by atoms with E-state index in [0.717, 1.165) is 12.8 Å². The van der Waals surface area contributed by atoms with E-state index >= 15 is 0 Å². The summed E-state index contributed by atoms with van der Waals surface area (Å²) in [6, 6.07) is 0. The Kier molecular flexibility index (Phi) is 5.08. The Labute approximate surface area is 99.9 Å². The highest BCUT2D eigenvalue weighted by atomic mass is 32.2. The van der Waals surface area contributed by atoms with Crippen LogP contribution in [0.15, 0.2) is 0 Å². The molecule has 0 radical (unpaired) electrons. The first-order chi connectivity index (χ1) is 7.63. The molecule has 1 saturated carbocycles. The van der Waals surface area contributed by atoms with Crippen molar-refractivity contribution >= 4 is 23.6 Å². The number of hydrogen-bond acceptors (Lipinski definition) is 4. The van der Waals surface area contributed by atoms with Crippen LogP contribution in [0.5, 0.6) is 0 Å². The Morgan fingerprint density at radius 2 is 1.88 bits per heavy atom. The SMILES string of the molecule is CSC1(CNC(=O)C(=O)NN)CCCCC1. The molecule has 0 spiro atoms. The lowest BCUT2D eigenvalue weighted by atomic mass is 9.88. The second-order valence-electron chi connectivity index (χ2n) is 4.10. The zero-order chi connectivity index (χ0) is 12.0. The number of amides is 2. The van der Waals surface area contributed by atoms with E-state index in [1.165, 1.54) is 19.3 Å². The van der Waals surface area contributed by atoms with Crippen LogP contribution in [0.25, 0.3) is 0 Å². The van der Waals surface area contributed by atoms with Gasteiger partial charge in [0.1, 0.15) is 0 Å². The van der Waals surface area contributed by atoms with Gasteiger partial charge in [0.15, 0.2) is 0 Å². The number of carbonyl (C=O) groups is 2. The molecule has 0 aliphatic heterocycles. The molecule has 1 aliphatic rings. The lowest BCUT2D eigenvalue weighted by molar-refractivity contribution is -0.139. The average Bonchev–Trinajstić information content (AvgIpc) is 2.36. The fourth-order valence-corrected chi connectivity index (χ4v) is 2.95. The molecule has 1 aliphatic carbocycles. The molecule has 0 aromatic rings. The van der Waals surface area contributed by atoms with E-state index in [0.29, 0.717) is 6.54 Å². The summed E-state index contributed by atoms with van der Waals surface area (Å²) in [5, 5.41) is 2.64. The van der Waals surface area contributed by atoms with E-state index in [9.17, 15) is 9.59 Å². The van der Waals surface area contributed by atoms with Crippen molar-refractivity contribution in [3.8, 4) is 0 Å². The number of thioether (sulfide) groups is 1. The molecule has 4 N–H and O–H groups in total. The van der Waals surface area contributed by atoms with Gasteiger partial charge in [-0.25, -0.2) is 5.84 Å². The summed E-state index contributed by atoms with van der Waals surface area (Å²) in [7, 11) is 0. The first-order valence-electron chi connectivity index (χ1n) is 5.47. The second-order valence-corrected chi connectivity index (χ2v) is 5.38. The summed E-state index contributed by atoms with van der Waals surface area (Å²) in [5.74, 6) is 3.45. The van der Waals surface area contributed by atoms with Crippen LogP contribution in [-0.4, -0.2) is 29.4 Å². The molecule has 16 heavy (non-hydrogen) atoms. The van der Waals surface area contributed by atoms with Crippen LogP contribution in [0.3, 0.4) is 0 Å². The van der Waals surface area contributed by atoms with Crippen molar-refractivity contribution < 1.29 is 9.59 Å². The van der Waals surface area contributed by atoms with Gasteiger partial charge in [-0.3, -0.25) is 15.0 Å². The summed E-state index contributed by atoms with van der Waals surface area (Å²) in [6.45, 7) is 0.542. The first kappa shape index (κ1) is 13.3. The summed E-state index contributed by atoms with van der Waals surface area (Å²) in [5.41, 5.74) is 1.83. The molecule has 5 nitrogen and oxygen atoms in total. The predicted molar refractivity (Wildman–Crippen MR) is 64.7 cm³/mol. The number of carbonyl (C=O) groups excluding carboxylic acids is 2. The highest BCUT2D eigenvalue weighted by molar-refractivity contribution is 8.00. The summed E-state index contributed by atoms with van der Waals surface area (Å²) < 4.78 is 0.1000. The van der Waals surface area contributed by atoms with Crippen LogP contribution in [0.2, 0.25) is 0 Å². The highest BCUT2D eigenvalue weighted by Gasteiger charge is 2.31. The zero-order valence-electron chi connectivity index (χ0n) is 9.54. The second kappa shape index (κ2) is 6.10. The van der Waals surface area contributed by atoms with E-state index in [1.807, 2.05) is 5.43 Å². The summed E-state index contributed by atoms with van der Waals surface area (Å²) in [6.07, 6.45) is 7.90. The zero-order valence-corrected chi connectivity index (χ0v) is 10.4. The number of hydrogen-bond donors (Lipinski definition) is 3. The Hall–Kier alpha value is -0.750. The topological polar surface area (TPSA) is 84.2 Å². The molecule has 1 fully saturated rings. The van der Waals surface area contributed by atoms with Gasteiger partial charge < -0.3 is 5.32 Å². The monoisotopic (exact) mass is 245 g/mol. The van der Waals surface area contributed by atoms with E-state index < -0.39 is 11.8 Å². The van der Waals surface area contributed by atoms with Crippen molar-refractivity contribution in [2.45, 2.75) is 36.9 Å². The molecule has 0 atom stereocenters. The number of nitrogens with two attached hydrogens (primary N) is 1. The number of nitrogens with one attached hydrogen (secondary N) is 2. The van der Waals surface area contributed by atoms with Crippen LogP contribution in [0.4, 0.5) is 0 Å². The van der Waals surface area contributed by atoms with Crippen LogP contribution in [0, 0.1) is 0 Å². The lowest BCUT2D eigenvalue weighted by Crippen LogP contribution is -2.48. The Bertz CT molecular complexity index is 265. The summed E-state index contributed by atoms with van der Waals surface area (Å²) in [4.78, 5) is 22.2.